The summed E-state index contributed by atoms with van der Waals surface area (Å²) in [5, 5.41) is 0. The van der Waals surface area contributed by atoms with Crippen molar-refractivity contribution in [3.63, 3.8) is 0 Å². The number of aryl methyl sites for hydroxylation is 2. The quantitative estimate of drug-likeness (QED) is 0.689. The molecule has 2 aromatic rings. The van der Waals surface area contributed by atoms with Crippen LogP contribution in [0.15, 0.2) is 51.8 Å². The Balaban J connectivity index is 2.22. The molecule has 0 aliphatic rings. The van der Waals surface area contributed by atoms with Gasteiger partial charge in [-0.15, -0.1) is 0 Å². The fourth-order valence-electron chi connectivity index (χ4n) is 2.74. The summed E-state index contributed by atoms with van der Waals surface area (Å²) < 4.78 is 27.2. The van der Waals surface area contributed by atoms with Crippen LogP contribution in [0, 0.1) is 13.8 Å². The van der Waals surface area contributed by atoms with Crippen molar-refractivity contribution in [3.05, 3.63) is 58.1 Å². The van der Waals surface area contributed by atoms with Crippen molar-refractivity contribution < 1.29 is 13.2 Å². The number of rotatable bonds is 6. The molecule has 0 aliphatic carbocycles. The number of benzene rings is 2. The van der Waals surface area contributed by atoms with E-state index in [1.54, 1.807) is 17.0 Å². The number of hydrogen-bond donors (Lipinski definition) is 0. The molecule has 0 bridgehead atoms. The molecular formula is C19H23BrN2O3S. The number of carbonyl (C=O) groups excluding carboxylic acids is 1. The molecule has 2 rings (SSSR count). The summed E-state index contributed by atoms with van der Waals surface area (Å²) in [5.41, 5.74) is 2.90. The van der Waals surface area contributed by atoms with Crippen molar-refractivity contribution in [1.29, 1.82) is 0 Å². The Labute approximate surface area is 163 Å². The van der Waals surface area contributed by atoms with E-state index in [2.05, 4.69) is 15.9 Å². The van der Waals surface area contributed by atoms with Gasteiger partial charge in [0.1, 0.15) is 0 Å². The first kappa shape index (κ1) is 20.6. The first-order valence-electron chi connectivity index (χ1n) is 8.26. The molecule has 2 aromatic carbocycles. The second kappa shape index (κ2) is 8.33. The van der Waals surface area contributed by atoms with Gasteiger partial charge in [0, 0.05) is 23.8 Å². The Bertz CT molecular complexity index is 896. The number of anilines is 1. The second-order valence-corrected chi connectivity index (χ2v) is 9.10. The molecule has 0 atom stereocenters. The van der Waals surface area contributed by atoms with Gasteiger partial charge in [0.05, 0.1) is 11.4 Å². The third-order valence-electron chi connectivity index (χ3n) is 4.14. The lowest BCUT2D eigenvalue weighted by Crippen LogP contribution is -2.41. The van der Waals surface area contributed by atoms with Gasteiger partial charge in [0.15, 0.2) is 0 Å². The van der Waals surface area contributed by atoms with Gasteiger partial charge in [-0.05, 0) is 56.7 Å². The minimum Gasteiger partial charge on any atom is -0.311 e. The van der Waals surface area contributed by atoms with Gasteiger partial charge in [0.25, 0.3) is 0 Å². The Morgan fingerprint density at radius 1 is 1.08 bits per heavy atom. The maximum absolute atomic E-state index is 12.8. The van der Waals surface area contributed by atoms with Crippen molar-refractivity contribution in [1.82, 2.24) is 4.31 Å². The highest BCUT2D eigenvalue weighted by atomic mass is 79.9. The van der Waals surface area contributed by atoms with Crippen LogP contribution < -0.4 is 4.90 Å². The van der Waals surface area contributed by atoms with E-state index in [0.717, 1.165) is 25.6 Å². The highest BCUT2D eigenvalue weighted by molar-refractivity contribution is 9.10. The number of amides is 1. The number of sulfonamides is 1. The molecule has 0 fully saturated rings. The number of likely N-dealkylation sites (N-methyl/N-ethyl adjacent to an activating group) is 2. The van der Waals surface area contributed by atoms with E-state index < -0.39 is 10.0 Å². The summed E-state index contributed by atoms with van der Waals surface area (Å²) in [6, 6.07) is 12.2. The highest BCUT2D eigenvalue weighted by Gasteiger charge is 2.25. The zero-order valence-corrected chi connectivity index (χ0v) is 17.8. The average molecular weight is 439 g/mol. The largest absolute Gasteiger partial charge is 0.311 e. The zero-order chi connectivity index (χ0) is 19.5. The van der Waals surface area contributed by atoms with Crippen molar-refractivity contribution in [2.75, 3.05) is 25.0 Å². The molecule has 26 heavy (non-hydrogen) atoms. The maximum Gasteiger partial charge on any atom is 0.243 e. The minimum absolute atomic E-state index is 0.158. The topological polar surface area (TPSA) is 57.7 Å². The van der Waals surface area contributed by atoms with Crippen molar-refractivity contribution in [2.45, 2.75) is 25.7 Å². The highest BCUT2D eigenvalue weighted by Crippen LogP contribution is 2.22. The molecule has 0 aromatic heterocycles. The molecule has 0 radical (unpaired) electrons. The third-order valence-corrected chi connectivity index (χ3v) is 6.49. The maximum atomic E-state index is 12.8. The van der Waals surface area contributed by atoms with Crippen LogP contribution in [0.4, 0.5) is 5.69 Å². The first-order valence-corrected chi connectivity index (χ1v) is 10.5. The molecule has 0 spiro atoms. The van der Waals surface area contributed by atoms with E-state index >= 15 is 0 Å². The predicted molar refractivity (Wildman–Crippen MR) is 108 cm³/mol. The van der Waals surface area contributed by atoms with Gasteiger partial charge in [-0.3, -0.25) is 4.79 Å². The fraction of sp³-hybridized carbons (Fsp3) is 0.316. The Kier molecular flexibility index (Phi) is 6.60. The van der Waals surface area contributed by atoms with Crippen molar-refractivity contribution in [2.24, 2.45) is 0 Å². The number of hydrogen-bond acceptors (Lipinski definition) is 3. The van der Waals surface area contributed by atoms with Gasteiger partial charge >= 0.3 is 0 Å². The SMILES string of the molecule is CCN(C(=O)CN(C)S(=O)(=O)c1ccc(Br)cc1)c1ccc(C)cc1C. The molecule has 0 aliphatic heterocycles. The van der Waals surface area contributed by atoms with E-state index in [9.17, 15) is 13.2 Å². The van der Waals surface area contributed by atoms with Crippen molar-refractivity contribution >= 4 is 37.5 Å². The molecule has 0 N–H and O–H groups in total. The smallest absolute Gasteiger partial charge is 0.243 e. The van der Waals surface area contributed by atoms with Crippen LogP contribution in [0.1, 0.15) is 18.1 Å². The van der Waals surface area contributed by atoms with Gasteiger partial charge in [0.2, 0.25) is 15.9 Å². The molecule has 0 unspecified atom stereocenters. The molecule has 5 nitrogen and oxygen atoms in total. The molecule has 0 saturated carbocycles. The van der Waals surface area contributed by atoms with E-state index in [4.69, 9.17) is 0 Å². The van der Waals surface area contributed by atoms with E-state index in [1.807, 2.05) is 39.0 Å². The molecule has 140 valence electrons. The minimum atomic E-state index is -3.73. The first-order chi connectivity index (χ1) is 12.2. The van der Waals surface area contributed by atoms with E-state index in [1.165, 1.54) is 19.2 Å². The molecule has 0 saturated heterocycles. The van der Waals surface area contributed by atoms with Crippen LogP contribution in [-0.4, -0.2) is 38.8 Å². The number of halogens is 1. The van der Waals surface area contributed by atoms with Gasteiger partial charge in [-0.1, -0.05) is 33.6 Å². The lowest BCUT2D eigenvalue weighted by molar-refractivity contribution is -0.118. The molecule has 0 heterocycles. The summed E-state index contributed by atoms with van der Waals surface area (Å²) in [7, 11) is -2.30. The molecule has 1 amide bonds. The zero-order valence-electron chi connectivity index (χ0n) is 15.4. The van der Waals surface area contributed by atoms with Gasteiger partial charge in [-0.2, -0.15) is 4.31 Å². The van der Waals surface area contributed by atoms with Crippen LogP contribution in [0.2, 0.25) is 0 Å². The lowest BCUT2D eigenvalue weighted by Gasteiger charge is -2.26. The monoisotopic (exact) mass is 438 g/mol. The number of nitrogens with zero attached hydrogens (tertiary/aromatic N) is 2. The normalized spacial score (nSPS) is 11.6. The Morgan fingerprint density at radius 3 is 2.23 bits per heavy atom. The van der Waals surface area contributed by atoms with Gasteiger partial charge < -0.3 is 4.90 Å². The van der Waals surface area contributed by atoms with Crippen LogP contribution in [0.5, 0.6) is 0 Å². The predicted octanol–water partition coefficient (Wildman–Crippen LogP) is 3.74. The van der Waals surface area contributed by atoms with Gasteiger partial charge in [-0.25, -0.2) is 8.42 Å². The van der Waals surface area contributed by atoms with Crippen LogP contribution in [-0.2, 0) is 14.8 Å². The van der Waals surface area contributed by atoms with E-state index in [-0.39, 0.29) is 17.3 Å². The summed E-state index contributed by atoms with van der Waals surface area (Å²) in [4.78, 5) is 14.5. The molecular weight excluding hydrogens is 416 g/mol. The van der Waals surface area contributed by atoms with Crippen molar-refractivity contribution in [3.8, 4) is 0 Å². The second-order valence-electron chi connectivity index (χ2n) is 6.14. The average Bonchev–Trinajstić information content (AvgIpc) is 2.57. The Hall–Kier alpha value is -1.70. The summed E-state index contributed by atoms with van der Waals surface area (Å²) in [5.74, 6) is -0.261. The van der Waals surface area contributed by atoms with E-state index in [0.29, 0.717) is 6.54 Å². The van der Waals surface area contributed by atoms with Crippen LogP contribution in [0.3, 0.4) is 0 Å². The van der Waals surface area contributed by atoms with Crippen LogP contribution in [0.25, 0.3) is 0 Å². The summed E-state index contributed by atoms with van der Waals surface area (Å²) in [6.45, 7) is 6.06. The summed E-state index contributed by atoms with van der Waals surface area (Å²) in [6.07, 6.45) is 0. The Morgan fingerprint density at radius 2 is 1.69 bits per heavy atom. The molecule has 7 heteroatoms. The lowest BCUT2D eigenvalue weighted by atomic mass is 10.1. The number of carbonyl (C=O) groups is 1. The standard InChI is InChI=1S/C19H23BrN2O3S/c1-5-22(18-11-6-14(2)12-15(18)3)19(23)13-21(4)26(24,25)17-9-7-16(20)8-10-17/h6-12H,5,13H2,1-4H3. The fourth-order valence-corrected chi connectivity index (χ4v) is 4.12. The summed E-state index contributed by atoms with van der Waals surface area (Å²) >= 11 is 3.29. The van der Waals surface area contributed by atoms with Crippen LogP contribution >= 0.6 is 15.9 Å². The third kappa shape index (κ3) is 4.52.